The first-order chi connectivity index (χ1) is 15.8. The first-order valence-corrected chi connectivity index (χ1v) is 11.1. The number of amides is 2. The second-order valence-corrected chi connectivity index (χ2v) is 9.45. The highest BCUT2D eigenvalue weighted by Crippen LogP contribution is 2.35. The van der Waals surface area contributed by atoms with E-state index in [4.69, 9.17) is 4.74 Å². The first kappa shape index (κ1) is 21.1. The molecule has 0 radical (unpaired) electrons. The minimum atomic E-state index is -1.06. The fourth-order valence-electron chi connectivity index (χ4n) is 3.64. The van der Waals surface area contributed by atoms with Crippen LogP contribution in [0, 0.1) is 0 Å². The highest BCUT2D eigenvalue weighted by atomic mass is 32.1. The number of thiophene rings is 1. The van der Waals surface area contributed by atoms with Gasteiger partial charge in [0.25, 0.3) is 11.8 Å². The number of aromatic nitrogens is 3. The van der Waals surface area contributed by atoms with Crippen molar-refractivity contribution in [1.29, 1.82) is 0 Å². The minimum Gasteiger partial charge on any atom is -0.482 e. The van der Waals surface area contributed by atoms with Crippen molar-refractivity contribution >= 4 is 45.8 Å². The molecule has 4 heterocycles. The zero-order valence-corrected chi connectivity index (χ0v) is 18.8. The Bertz CT molecular complexity index is 1370. The molecule has 3 aromatic heterocycles. The van der Waals surface area contributed by atoms with Crippen LogP contribution in [0.25, 0.3) is 21.5 Å². The fraction of sp³-hybridized carbons (Fsp3) is 0.217. The maximum absolute atomic E-state index is 13.0. The van der Waals surface area contributed by atoms with Gasteiger partial charge in [-0.2, -0.15) is 0 Å². The number of pyridine rings is 1. The molecule has 0 saturated heterocycles. The summed E-state index contributed by atoms with van der Waals surface area (Å²) in [5.74, 6) is 0.262. The number of hydrogen-bond donors (Lipinski definition) is 3. The van der Waals surface area contributed by atoms with Crippen LogP contribution < -0.4 is 15.4 Å². The summed E-state index contributed by atoms with van der Waals surface area (Å²) in [6.45, 7) is 3.48. The highest BCUT2D eigenvalue weighted by Gasteiger charge is 2.24. The lowest BCUT2D eigenvalue weighted by Gasteiger charge is -2.21. The number of nitrogens with zero attached hydrogens (tertiary/aromatic N) is 3. The molecule has 0 unspecified atom stereocenters. The Labute approximate surface area is 193 Å². The second kappa shape index (κ2) is 7.98. The molecule has 0 saturated carbocycles. The van der Waals surface area contributed by atoms with E-state index < -0.39 is 5.60 Å². The summed E-state index contributed by atoms with van der Waals surface area (Å²) in [4.78, 5) is 34.8. The molecule has 2 amide bonds. The molecular weight excluding hydrogens is 442 g/mol. The van der Waals surface area contributed by atoms with E-state index in [-0.39, 0.29) is 25.0 Å². The number of carbonyl (C=O) groups is 2. The van der Waals surface area contributed by atoms with E-state index in [2.05, 4.69) is 20.6 Å². The number of carbonyl (C=O) groups excluding carboxylic acids is 2. The molecule has 1 aromatic carbocycles. The molecule has 0 spiro atoms. The van der Waals surface area contributed by atoms with Crippen LogP contribution >= 0.6 is 11.3 Å². The molecule has 0 fully saturated rings. The van der Waals surface area contributed by atoms with Crippen LogP contribution in [0.3, 0.4) is 0 Å². The van der Waals surface area contributed by atoms with Gasteiger partial charge < -0.3 is 19.7 Å². The van der Waals surface area contributed by atoms with Gasteiger partial charge in [-0.1, -0.05) is 0 Å². The Hall–Kier alpha value is -3.76. The summed E-state index contributed by atoms with van der Waals surface area (Å²) < 4.78 is 7.27. The van der Waals surface area contributed by atoms with Crippen molar-refractivity contribution in [2.24, 2.45) is 0 Å². The SMILES string of the molecule is CC(C)(O)Cn1c(NC(=O)c2ccc(-c3ccncc3)s2)nc2cc3c(cc21)OCC(=O)N3. The van der Waals surface area contributed by atoms with Crippen molar-refractivity contribution in [2.75, 3.05) is 17.2 Å². The average Bonchev–Trinajstić information content (AvgIpc) is 3.38. The molecular formula is C23H21N5O4S. The number of benzene rings is 1. The van der Waals surface area contributed by atoms with Crippen molar-refractivity contribution in [2.45, 2.75) is 26.0 Å². The lowest BCUT2D eigenvalue weighted by molar-refractivity contribution is -0.118. The standard InChI is InChI=1S/C23H21N5O4S/c1-23(2,31)12-28-16-10-17-15(25-20(29)11-32-17)9-14(16)26-22(28)27-21(30)19-4-3-18(33-19)13-5-7-24-8-6-13/h3-10,31H,11-12H2,1-2H3,(H,25,29)(H,26,27,30). The minimum absolute atomic E-state index is 0.0695. The number of fused-ring (bicyclic) bond motifs is 2. The van der Waals surface area contributed by atoms with Gasteiger partial charge in [0.05, 0.1) is 33.7 Å². The van der Waals surface area contributed by atoms with E-state index >= 15 is 0 Å². The quantitative estimate of drug-likeness (QED) is 0.417. The van der Waals surface area contributed by atoms with Gasteiger partial charge in [-0.3, -0.25) is 19.9 Å². The van der Waals surface area contributed by atoms with Crippen molar-refractivity contribution in [3.05, 3.63) is 53.7 Å². The molecule has 0 atom stereocenters. The smallest absolute Gasteiger partial charge is 0.268 e. The highest BCUT2D eigenvalue weighted by molar-refractivity contribution is 7.17. The molecule has 4 aromatic rings. The van der Waals surface area contributed by atoms with Gasteiger partial charge in [-0.25, -0.2) is 4.98 Å². The van der Waals surface area contributed by atoms with Crippen LogP contribution in [0.15, 0.2) is 48.8 Å². The number of anilines is 2. The lowest BCUT2D eigenvalue weighted by Crippen LogP contribution is -2.28. The van der Waals surface area contributed by atoms with E-state index in [9.17, 15) is 14.7 Å². The monoisotopic (exact) mass is 463 g/mol. The second-order valence-electron chi connectivity index (χ2n) is 8.36. The Morgan fingerprint density at radius 1 is 1.27 bits per heavy atom. The van der Waals surface area contributed by atoms with E-state index in [1.165, 1.54) is 11.3 Å². The predicted octanol–water partition coefficient (Wildman–Crippen LogP) is 3.51. The average molecular weight is 464 g/mol. The molecule has 3 N–H and O–H groups in total. The maximum atomic E-state index is 13.0. The molecule has 0 aliphatic carbocycles. The van der Waals surface area contributed by atoms with Gasteiger partial charge in [0, 0.05) is 23.3 Å². The van der Waals surface area contributed by atoms with Gasteiger partial charge in [-0.15, -0.1) is 11.3 Å². The van der Waals surface area contributed by atoms with Crippen LogP contribution in [0.1, 0.15) is 23.5 Å². The zero-order chi connectivity index (χ0) is 23.2. The molecule has 1 aliphatic rings. The summed E-state index contributed by atoms with van der Waals surface area (Å²) in [6, 6.07) is 10.9. The molecule has 9 nitrogen and oxygen atoms in total. The summed E-state index contributed by atoms with van der Waals surface area (Å²) in [7, 11) is 0. The van der Waals surface area contributed by atoms with E-state index in [1.54, 1.807) is 49.0 Å². The van der Waals surface area contributed by atoms with E-state index in [0.717, 1.165) is 10.4 Å². The molecule has 168 valence electrons. The van der Waals surface area contributed by atoms with Crippen molar-refractivity contribution < 1.29 is 19.4 Å². The number of aliphatic hydroxyl groups is 1. The molecule has 0 bridgehead atoms. The number of ether oxygens (including phenoxy) is 1. The number of rotatable bonds is 5. The lowest BCUT2D eigenvalue weighted by atomic mass is 10.1. The molecule has 5 rings (SSSR count). The Kier molecular flexibility index (Phi) is 5.10. The fourth-order valence-corrected chi connectivity index (χ4v) is 4.54. The molecule has 1 aliphatic heterocycles. The zero-order valence-electron chi connectivity index (χ0n) is 18.0. The van der Waals surface area contributed by atoms with Gasteiger partial charge in [-0.05, 0) is 49.7 Å². The summed E-state index contributed by atoms with van der Waals surface area (Å²) in [5.41, 5.74) is 1.67. The Morgan fingerprint density at radius 3 is 2.82 bits per heavy atom. The van der Waals surface area contributed by atoms with Crippen molar-refractivity contribution in [3.63, 3.8) is 0 Å². The number of hydrogen-bond acceptors (Lipinski definition) is 7. The van der Waals surface area contributed by atoms with Gasteiger partial charge in [0.15, 0.2) is 6.61 Å². The third kappa shape index (κ3) is 4.30. The van der Waals surface area contributed by atoms with E-state index in [0.29, 0.717) is 33.3 Å². The van der Waals surface area contributed by atoms with Crippen LogP contribution in [0.2, 0.25) is 0 Å². The van der Waals surface area contributed by atoms with Crippen LogP contribution in [-0.2, 0) is 11.3 Å². The van der Waals surface area contributed by atoms with Crippen molar-refractivity contribution in [3.8, 4) is 16.2 Å². The van der Waals surface area contributed by atoms with E-state index in [1.807, 2.05) is 18.2 Å². The summed E-state index contributed by atoms with van der Waals surface area (Å²) in [6.07, 6.45) is 3.42. The van der Waals surface area contributed by atoms with Crippen LogP contribution in [0.5, 0.6) is 5.75 Å². The third-order valence-electron chi connectivity index (χ3n) is 5.05. The van der Waals surface area contributed by atoms with Gasteiger partial charge in [0.2, 0.25) is 5.95 Å². The topological polar surface area (TPSA) is 118 Å². The largest absolute Gasteiger partial charge is 0.482 e. The predicted molar refractivity (Wildman–Crippen MR) is 126 cm³/mol. The van der Waals surface area contributed by atoms with Crippen molar-refractivity contribution in [1.82, 2.24) is 14.5 Å². The molecule has 33 heavy (non-hydrogen) atoms. The third-order valence-corrected chi connectivity index (χ3v) is 6.18. The summed E-state index contributed by atoms with van der Waals surface area (Å²) >= 11 is 1.37. The number of imidazole rings is 1. The maximum Gasteiger partial charge on any atom is 0.268 e. The van der Waals surface area contributed by atoms with Gasteiger partial charge >= 0.3 is 0 Å². The molecule has 10 heteroatoms. The Balaban J connectivity index is 1.50. The first-order valence-electron chi connectivity index (χ1n) is 10.3. The normalized spacial score (nSPS) is 13.4. The van der Waals surface area contributed by atoms with Crippen LogP contribution in [0.4, 0.5) is 11.6 Å². The Morgan fingerprint density at radius 2 is 2.06 bits per heavy atom. The van der Waals surface area contributed by atoms with Gasteiger partial charge in [0.1, 0.15) is 5.75 Å². The number of nitrogens with one attached hydrogen (secondary N) is 2. The van der Waals surface area contributed by atoms with Crippen LogP contribution in [-0.4, -0.2) is 43.7 Å². The summed E-state index contributed by atoms with van der Waals surface area (Å²) in [5, 5.41) is 16.1.